The summed E-state index contributed by atoms with van der Waals surface area (Å²) in [6.07, 6.45) is 2.33. The van der Waals surface area contributed by atoms with Gasteiger partial charge in [-0.15, -0.1) is 0 Å². The second-order valence-corrected chi connectivity index (χ2v) is 7.27. The van der Waals surface area contributed by atoms with Gasteiger partial charge in [0.2, 0.25) is 0 Å². The fourth-order valence-electron chi connectivity index (χ4n) is 2.74. The molecule has 0 bridgehead atoms. The second kappa shape index (κ2) is 12.6. The van der Waals surface area contributed by atoms with Crippen LogP contribution in [0.25, 0.3) is 0 Å². The van der Waals surface area contributed by atoms with E-state index in [-0.39, 0.29) is 48.9 Å². The van der Waals surface area contributed by atoms with Gasteiger partial charge in [-0.05, 0) is 24.3 Å². The number of likely N-dealkylation sites (N-methyl/N-ethyl adjacent to an activating group) is 2. The number of ether oxygens (including phenoxy) is 2. The number of nitrogens with zero attached hydrogens (tertiary/aromatic N) is 2. The zero-order valence-corrected chi connectivity index (χ0v) is 18.8. The van der Waals surface area contributed by atoms with Crippen LogP contribution in [0.2, 0.25) is 0 Å². The Morgan fingerprint density at radius 1 is 0.676 bits per heavy atom. The van der Waals surface area contributed by atoms with Gasteiger partial charge in [0.05, 0.1) is 11.1 Å². The number of hydrogen-bond acceptors (Lipinski definition) is 8. The lowest BCUT2D eigenvalue weighted by Crippen LogP contribution is -2.40. The first-order chi connectivity index (χ1) is 16.3. The van der Waals surface area contributed by atoms with Crippen molar-refractivity contribution < 1.29 is 38.2 Å². The molecule has 2 aromatic rings. The normalized spacial score (nSPS) is 10.1. The summed E-state index contributed by atoms with van der Waals surface area (Å²) in [6, 6.07) is 8.53. The molecule has 2 rings (SSSR count). The summed E-state index contributed by atoms with van der Waals surface area (Å²) >= 11 is 0. The predicted octanol–water partition coefficient (Wildman–Crippen LogP) is 1.31. The van der Waals surface area contributed by atoms with Crippen LogP contribution >= 0.6 is 0 Å². The maximum atomic E-state index is 12.3. The second-order valence-electron chi connectivity index (χ2n) is 7.27. The van der Waals surface area contributed by atoms with Crippen LogP contribution in [0, 0.1) is 0 Å². The third-order valence-electron chi connectivity index (χ3n) is 4.93. The fourth-order valence-corrected chi connectivity index (χ4v) is 2.74. The summed E-state index contributed by atoms with van der Waals surface area (Å²) < 4.78 is 10.8. The molecule has 2 amide bonds. The molecule has 10 heteroatoms. The number of rotatable bonds is 13. The summed E-state index contributed by atoms with van der Waals surface area (Å²) in [4.78, 5) is 71.4. The minimum absolute atomic E-state index is 0.124. The van der Waals surface area contributed by atoms with Gasteiger partial charge < -0.3 is 19.3 Å². The zero-order valence-electron chi connectivity index (χ0n) is 18.8. The van der Waals surface area contributed by atoms with Crippen LogP contribution in [0.1, 0.15) is 41.4 Å². The van der Waals surface area contributed by atoms with Crippen LogP contribution in [0.4, 0.5) is 0 Å². The first kappa shape index (κ1) is 25.9. The highest BCUT2D eigenvalue weighted by Gasteiger charge is 2.16. The number of hydrogen-bond donors (Lipinski definition) is 0. The maximum Gasteiger partial charge on any atom is 0.260 e. The van der Waals surface area contributed by atoms with Crippen molar-refractivity contribution in [3.8, 4) is 11.5 Å². The van der Waals surface area contributed by atoms with E-state index in [0.29, 0.717) is 36.3 Å². The lowest BCUT2D eigenvalue weighted by Gasteiger charge is -2.23. The van der Waals surface area contributed by atoms with Crippen molar-refractivity contribution in [3.63, 3.8) is 0 Å². The molecule has 10 nitrogen and oxygen atoms in total. The van der Waals surface area contributed by atoms with Gasteiger partial charge >= 0.3 is 0 Å². The molecule has 2 aromatic carbocycles. The van der Waals surface area contributed by atoms with E-state index in [0.717, 1.165) is 0 Å². The molecule has 0 aromatic heterocycles. The first-order valence-electron chi connectivity index (χ1n) is 10.1. The summed E-state index contributed by atoms with van der Waals surface area (Å²) in [5, 5.41) is 0. The van der Waals surface area contributed by atoms with E-state index in [9.17, 15) is 28.8 Å². The molecule has 34 heavy (non-hydrogen) atoms. The first-order valence-corrected chi connectivity index (χ1v) is 10.1. The Morgan fingerprint density at radius 2 is 1.06 bits per heavy atom. The van der Waals surface area contributed by atoms with Crippen molar-refractivity contribution in [1.82, 2.24) is 9.80 Å². The molecular formula is C24H24N2O8. The SMILES string of the molecule is CN(CCN(C)C(=O)COc1cc(C=O)ccc1C=O)C(=O)COc1cc(C=O)ccc1C=O. The average Bonchev–Trinajstić information content (AvgIpc) is 2.87. The van der Waals surface area contributed by atoms with Crippen LogP contribution in [0.15, 0.2) is 36.4 Å². The van der Waals surface area contributed by atoms with Crippen LogP contribution in [-0.4, -0.2) is 87.2 Å². The van der Waals surface area contributed by atoms with Gasteiger partial charge in [-0.1, -0.05) is 12.1 Å². The lowest BCUT2D eigenvalue weighted by molar-refractivity contribution is -0.135. The van der Waals surface area contributed by atoms with Gasteiger partial charge in [0.15, 0.2) is 25.8 Å². The molecule has 0 atom stereocenters. The number of carbonyl (C=O) groups is 6. The van der Waals surface area contributed by atoms with Crippen molar-refractivity contribution in [2.24, 2.45) is 0 Å². The van der Waals surface area contributed by atoms with Crippen LogP contribution in [0.3, 0.4) is 0 Å². The van der Waals surface area contributed by atoms with Gasteiger partial charge in [-0.2, -0.15) is 0 Å². The highest BCUT2D eigenvalue weighted by molar-refractivity contribution is 5.85. The van der Waals surface area contributed by atoms with E-state index < -0.39 is 11.8 Å². The molecule has 0 aliphatic heterocycles. The smallest absolute Gasteiger partial charge is 0.260 e. The summed E-state index contributed by atoms with van der Waals surface area (Å²) in [7, 11) is 3.06. The largest absolute Gasteiger partial charge is 0.483 e. The van der Waals surface area contributed by atoms with Crippen molar-refractivity contribution >= 4 is 37.0 Å². The highest BCUT2D eigenvalue weighted by Crippen LogP contribution is 2.19. The summed E-state index contributed by atoms with van der Waals surface area (Å²) in [5.74, 6) is -0.545. The van der Waals surface area contributed by atoms with Gasteiger partial charge in [-0.3, -0.25) is 28.8 Å². The Morgan fingerprint density at radius 3 is 1.38 bits per heavy atom. The van der Waals surface area contributed by atoms with Crippen LogP contribution in [-0.2, 0) is 9.59 Å². The Labute approximate surface area is 196 Å². The van der Waals surface area contributed by atoms with E-state index in [1.807, 2.05) is 0 Å². The topological polar surface area (TPSA) is 127 Å². The molecule has 0 heterocycles. The van der Waals surface area contributed by atoms with Gasteiger partial charge in [0, 0.05) is 38.3 Å². The van der Waals surface area contributed by atoms with Crippen molar-refractivity contribution in [2.45, 2.75) is 0 Å². The fraction of sp³-hybridized carbons (Fsp3) is 0.250. The van der Waals surface area contributed by atoms with E-state index in [4.69, 9.17) is 9.47 Å². The van der Waals surface area contributed by atoms with E-state index in [2.05, 4.69) is 0 Å². The molecule has 0 saturated carbocycles. The Kier molecular flexibility index (Phi) is 9.63. The Bertz CT molecular complexity index is 997. The molecule has 0 fully saturated rings. The standard InChI is InChI=1S/C24H24N2O8/c1-25(23(31)15-33-21-9-17(11-27)3-5-19(21)13-29)7-8-26(2)24(32)16-34-22-10-18(12-28)4-6-20(22)14-30/h3-6,9-14H,7-8,15-16H2,1-2H3. The van der Waals surface area contributed by atoms with Gasteiger partial charge in [0.1, 0.15) is 24.1 Å². The molecular weight excluding hydrogens is 444 g/mol. The monoisotopic (exact) mass is 468 g/mol. The number of amides is 2. The molecule has 0 N–H and O–H groups in total. The number of carbonyl (C=O) groups excluding carboxylic acids is 6. The van der Waals surface area contributed by atoms with Crippen molar-refractivity contribution in [3.05, 3.63) is 58.7 Å². The Hall–Kier alpha value is -4.34. The molecule has 178 valence electrons. The molecule has 0 aliphatic rings. The lowest BCUT2D eigenvalue weighted by atomic mass is 10.1. The zero-order chi connectivity index (χ0) is 25.1. The number of aldehydes is 4. The molecule has 0 unspecified atom stereocenters. The third kappa shape index (κ3) is 7.09. The Balaban J connectivity index is 1.84. The van der Waals surface area contributed by atoms with E-state index >= 15 is 0 Å². The molecule has 0 saturated heterocycles. The average molecular weight is 468 g/mol. The van der Waals surface area contributed by atoms with Gasteiger partial charge in [0.25, 0.3) is 11.8 Å². The minimum Gasteiger partial charge on any atom is -0.483 e. The highest BCUT2D eigenvalue weighted by atomic mass is 16.5. The quantitative estimate of drug-likeness (QED) is 0.403. The van der Waals surface area contributed by atoms with E-state index in [1.165, 1.54) is 60.3 Å². The van der Waals surface area contributed by atoms with Crippen LogP contribution < -0.4 is 9.47 Å². The van der Waals surface area contributed by atoms with Crippen molar-refractivity contribution in [1.29, 1.82) is 0 Å². The third-order valence-corrected chi connectivity index (χ3v) is 4.93. The molecule has 0 radical (unpaired) electrons. The maximum absolute atomic E-state index is 12.3. The van der Waals surface area contributed by atoms with E-state index in [1.54, 1.807) is 0 Å². The molecule has 0 aliphatic carbocycles. The number of benzene rings is 2. The predicted molar refractivity (Wildman–Crippen MR) is 121 cm³/mol. The summed E-state index contributed by atoms with van der Waals surface area (Å²) in [5.41, 5.74) is 1.04. The van der Waals surface area contributed by atoms with Crippen molar-refractivity contribution in [2.75, 3.05) is 40.4 Å². The van der Waals surface area contributed by atoms with Crippen LogP contribution in [0.5, 0.6) is 11.5 Å². The molecule has 0 spiro atoms. The summed E-state index contributed by atoms with van der Waals surface area (Å²) in [6.45, 7) is -0.330. The van der Waals surface area contributed by atoms with Gasteiger partial charge in [-0.25, -0.2) is 0 Å². The minimum atomic E-state index is -0.397.